The number of nitrogens with one attached hydrogen (secondary N) is 4. The van der Waals surface area contributed by atoms with Gasteiger partial charge in [-0.1, -0.05) is 24.3 Å². The number of aryl methyl sites for hydroxylation is 2. The van der Waals surface area contributed by atoms with Crippen LogP contribution in [0.15, 0.2) is 24.3 Å². The molecule has 0 aromatic heterocycles. The summed E-state index contributed by atoms with van der Waals surface area (Å²) in [6.45, 7) is 1.26. The molecule has 0 heterocycles. The van der Waals surface area contributed by atoms with Crippen LogP contribution in [0.25, 0.3) is 0 Å². The zero-order valence-corrected chi connectivity index (χ0v) is 19.8. The molecule has 4 N–H and O–H groups in total. The largest absolute Gasteiger partial charge is 0.359 e. The molecule has 0 saturated carbocycles. The summed E-state index contributed by atoms with van der Waals surface area (Å²) in [5.74, 6) is -1.07. The second kappa shape index (κ2) is 15.6. The van der Waals surface area contributed by atoms with Gasteiger partial charge in [-0.15, -0.1) is 0 Å². The third kappa shape index (κ3) is 12.4. The van der Waals surface area contributed by atoms with Crippen LogP contribution in [0.5, 0.6) is 0 Å². The van der Waals surface area contributed by atoms with E-state index in [0.717, 1.165) is 24.8 Å². The Morgan fingerprint density at radius 2 is 1.36 bits per heavy atom. The molecule has 9 nitrogen and oxygen atoms in total. The summed E-state index contributed by atoms with van der Waals surface area (Å²) in [5, 5.41) is 10.1. The van der Waals surface area contributed by atoms with Gasteiger partial charge in [0.15, 0.2) is 5.78 Å². The summed E-state index contributed by atoms with van der Waals surface area (Å²) < 4.78 is 0. The number of carbonyl (C=O) groups is 5. The Balaban J connectivity index is 2.26. The Bertz CT molecular complexity index is 808. The van der Waals surface area contributed by atoms with Crippen molar-refractivity contribution in [1.29, 1.82) is 0 Å². The second-order valence-corrected chi connectivity index (χ2v) is 7.92. The predicted molar refractivity (Wildman–Crippen MR) is 125 cm³/mol. The summed E-state index contributed by atoms with van der Waals surface area (Å²) in [6, 6.07) is 7.40. The molecular formula is C24H36N4O5. The van der Waals surface area contributed by atoms with Gasteiger partial charge in [0.2, 0.25) is 23.6 Å². The van der Waals surface area contributed by atoms with Crippen LogP contribution >= 0.6 is 0 Å². The van der Waals surface area contributed by atoms with Crippen LogP contribution in [0, 0.1) is 0 Å². The number of likely N-dealkylation sites (N-methyl/N-ethyl adjacent to an activating group) is 1. The van der Waals surface area contributed by atoms with Crippen LogP contribution in [0.1, 0.15) is 56.6 Å². The third-order valence-electron chi connectivity index (χ3n) is 5.18. The molecule has 0 unspecified atom stereocenters. The van der Waals surface area contributed by atoms with Gasteiger partial charge in [-0.2, -0.15) is 0 Å². The molecule has 1 aromatic rings. The van der Waals surface area contributed by atoms with E-state index in [1.807, 2.05) is 24.3 Å². The van der Waals surface area contributed by atoms with Crippen LogP contribution < -0.4 is 21.3 Å². The maximum Gasteiger partial charge on any atom is 0.242 e. The molecule has 0 aliphatic heterocycles. The van der Waals surface area contributed by atoms with Crippen molar-refractivity contribution in [2.45, 2.75) is 64.3 Å². The van der Waals surface area contributed by atoms with Gasteiger partial charge in [-0.25, -0.2) is 0 Å². The highest BCUT2D eigenvalue weighted by Gasteiger charge is 2.19. The monoisotopic (exact) mass is 460 g/mol. The van der Waals surface area contributed by atoms with Gasteiger partial charge in [0.1, 0.15) is 6.04 Å². The number of hydrogen-bond acceptors (Lipinski definition) is 5. The first-order valence-corrected chi connectivity index (χ1v) is 11.3. The molecule has 0 spiro atoms. The van der Waals surface area contributed by atoms with Gasteiger partial charge in [-0.05, 0) is 43.2 Å². The lowest BCUT2D eigenvalue weighted by atomic mass is 10.0. The molecule has 9 heteroatoms. The van der Waals surface area contributed by atoms with Gasteiger partial charge < -0.3 is 21.3 Å². The smallest absolute Gasteiger partial charge is 0.242 e. The summed E-state index contributed by atoms with van der Waals surface area (Å²) in [6.07, 6.45) is 4.16. The summed E-state index contributed by atoms with van der Waals surface area (Å²) in [7, 11) is 3.09. The number of Topliss-reactive ketones (excluding diaryl/α,β-unsaturated/α-hetero) is 1. The average Bonchev–Trinajstić information content (AvgIpc) is 2.80. The first kappa shape index (κ1) is 27.8. The van der Waals surface area contributed by atoms with Gasteiger partial charge in [0, 0.05) is 40.3 Å². The standard InChI is InChI=1S/C24H36N4O5/c1-17(29)28-21(24(33)26-3)14-15-23(32)27-16-20(30)8-4-6-18-10-12-19(13-11-18)7-5-9-22(31)25-2/h10-13,21H,4-9,14-16H2,1-3H3,(H,25,31)(H,26,33)(H,27,32)(H,28,29)/t21-/m0/s1. The Kier molecular flexibility index (Phi) is 13.1. The lowest BCUT2D eigenvalue weighted by Crippen LogP contribution is -2.45. The molecule has 0 aliphatic rings. The maximum absolute atomic E-state index is 12.1. The molecule has 33 heavy (non-hydrogen) atoms. The Morgan fingerprint density at radius 1 is 0.788 bits per heavy atom. The topological polar surface area (TPSA) is 133 Å². The number of rotatable bonds is 15. The van der Waals surface area contributed by atoms with Crippen molar-refractivity contribution in [3.05, 3.63) is 35.4 Å². The fraction of sp³-hybridized carbons (Fsp3) is 0.542. The van der Waals surface area contributed by atoms with Gasteiger partial charge >= 0.3 is 0 Å². The maximum atomic E-state index is 12.1. The van der Waals surface area contributed by atoms with E-state index in [1.165, 1.54) is 19.5 Å². The first-order chi connectivity index (χ1) is 15.7. The molecule has 1 atom stereocenters. The Hall–Kier alpha value is -3.23. The van der Waals surface area contributed by atoms with Crippen LogP contribution in [0.2, 0.25) is 0 Å². The molecule has 0 aliphatic carbocycles. The van der Waals surface area contributed by atoms with Crippen molar-refractivity contribution >= 4 is 29.4 Å². The van der Waals surface area contributed by atoms with Crippen LogP contribution in [-0.4, -0.2) is 56.1 Å². The molecule has 0 bridgehead atoms. The third-order valence-corrected chi connectivity index (χ3v) is 5.18. The lowest BCUT2D eigenvalue weighted by Gasteiger charge is -2.15. The normalized spacial score (nSPS) is 11.2. The summed E-state index contributed by atoms with van der Waals surface area (Å²) in [5.41, 5.74) is 2.32. The van der Waals surface area contributed by atoms with Crippen molar-refractivity contribution in [3.8, 4) is 0 Å². The van der Waals surface area contributed by atoms with Crippen molar-refractivity contribution in [3.63, 3.8) is 0 Å². The van der Waals surface area contributed by atoms with Crippen molar-refractivity contribution < 1.29 is 24.0 Å². The minimum Gasteiger partial charge on any atom is -0.359 e. The van der Waals surface area contributed by atoms with Crippen molar-refractivity contribution in [2.75, 3.05) is 20.6 Å². The summed E-state index contributed by atoms with van der Waals surface area (Å²) in [4.78, 5) is 58.2. The SMILES string of the molecule is CNC(=O)CCCc1ccc(CCCC(=O)CNC(=O)CC[C@H](NC(C)=O)C(=O)NC)cc1. The number of amides is 4. The average molecular weight is 461 g/mol. The minimum atomic E-state index is -0.781. The van der Waals surface area contributed by atoms with E-state index < -0.39 is 6.04 Å². The highest BCUT2D eigenvalue weighted by atomic mass is 16.2. The highest BCUT2D eigenvalue weighted by molar-refractivity contribution is 5.88. The van der Waals surface area contributed by atoms with Gasteiger partial charge in [0.05, 0.1) is 6.54 Å². The van der Waals surface area contributed by atoms with E-state index in [9.17, 15) is 24.0 Å². The van der Waals surface area contributed by atoms with E-state index in [4.69, 9.17) is 0 Å². The minimum absolute atomic E-state index is 0.0289. The molecule has 0 saturated heterocycles. The van der Waals surface area contributed by atoms with Crippen LogP contribution in [0.3, 0.4) is 0 Å². The summed E-state index contributed by atoms with van der Waals surface area (Å²) >= 11 is 0. The van der Waals surface area contributed by atoms with Crippen LogP contribution in [-0.2, 0) is 36.8 Å². The number of hydrogen-bond donors (Lipinski definition) is 4. The van der Waals surface area contributed by atoms with E-state index in [-0.39, 0.29) is 48.8 Å². The fourth-order valence-corrected chi connectivity index (χ4v) is 3.28. The van der Waals surface area contributed by atoms with E-state index >= 15 is 0 Å². The Labute approximate surface area is 195 Å². The molecular weight excluding hydrogens is 424 g/mol. The number of carbonyl (C=O) groups excluding carboxylic acids is 5. The number of benzene rings is 1. The first-order valence-electron chi connectivity index (χ1n) is 11.3. The zero-order chi connectivity index (χ0) is 24.6. The van der Waals surface area contributed by atoms with E-state index in [1.54, 1.807) is 7.05 Å². The van der Waals surface area contributed by atoms with Gasteiger partial charge in [0.25, 0.3) is 0 Å². The molecule has 0 radical (unpaired) electrons. The Morgan fingerprint density at radius 3 is 1.88 bits per heavy atom. The van der Waals surface area contributed by atoms with Crippen molar-refractivity contribution in [2.24, 2.45) is 0 Å². The highest BCUT2D eigenvalue weighted by Crippen LogP contribution is 2.11. The molecule has 0 fully saturated rings. The molecule has 4 amide bonds. The molecule has 182 valence electrons. The zero-order valence-electron chi connectivity index (χ0n) is 19.8. The molecule has 1 rings (SSSR count). The van der Waals surface area contributed by atoms with Gasteiger partial charge in [-0.3, -0.25) is 24.0 Å². The predicted octanol–water partition coefficient (Wildman–Crippen LogP) is 0.794. The fourth-order valence-electron chi connectivity index (χ4n) is 3.28. The van der Waals surface area contributed by atoms with Crippen LogP contribution in [0.4, 0.5) is 0 Å². The second-order valence-electron chi connectivity index (χ2n) is 7.92. The van der Waals surface area contributed by atoms with Crippen molar-refractivity contribution in [1.82, 2.24) is 21.3 Å². The lowest BCUT2D eigenvalue weighted by molar-refractivity contribution is -0.129. The quantitative estimate of drug-likeness (QED) is 0.307. The molecule has 1 aromatic carbocycles. The van der Waals surface area contributed by atoms with E-state index in [0.29, 0.717) is 19.3 Å². The van der Waals surface area contributed by atoms with E-state index in [2.05, 4.69) is 21.3 Å². The number of ketones is 1.